The minimum Gasteiger partial charge on any atom is -0.317 e. The largest absolute Gasteiger partial charge is 0.317 e. The van der Waals surface area contributed by atoms with Crippen LogP contribution >= 0.6 is 0 Å². The van der Waals surface area contributed by atoms with Crippen molar-refractivity contribution >= 4 is 0 Å². The molecule has 1 saturated heterocycles. The summed E-state index contributed by atoms with van der Waals surface area (Å²) in [6.07, 6.45) is 4.22. The van der Waals surface area contributed by atoms with Crippen LogP contribution in [-0.2, 0) is 0 Å². The van der Waals surface area contributed by atoms with Gasteiger partial charge >= 0.3 is 0 Å². The van der Waals surface area contributed by atoms with Gasteiger partial charge in [-0.3, -0.25) is 0 Å². The summed E-state index contributed by atoms with van der Waals surface area (Å²) in [4.78, 5) is 2.00. The molecule has 0 amide bonds. The number of hydrogen-bond donors (Lipinski definition) is 1. The van der Waals surface area contributed by atoms with Crippen molar-refractivity contribution in [2.24, 2.45) is 0 Å². The third-order valence-electron chi connectivity index (χ3n) is 1.21. The van der Waals surface area contributed by atoms with Crippen LogP contribution in [0.15, 0.2) is 0 Å². The van der Waals surface area contributed by atoms with Crippen LogP contribution in [-0.4, -0.2) is 39.1 Å². The molecular weight excluding hydrogens is 124 g/mol. The van der Waals surface area contributed by atoms with E-state index in [0.717, 1.165) is 0 Å². The Bertz CT molecular complexity index is 44.0. The molecule has 0 aromatic heterocycles. The first kappa shape index (κ1) is 9.92. The molecule has 2 nitrogen and oxygen atoms in total. The van der Waals surface area contributed by atoms with Crippen LogP contribution in [0, 0.1) is 0 Å². The molecule has 0 aromatic carbocycles. The molecule has 0 atom stereocenters. The van der Waals surface area contributed by atoms with Crippen LogP contribution in [0.4, 0.5) is 0 Å². The van der Waals surface area contributed by atoms with Gasteiger partial charge in [0.05, 0.1) is 0 Å². The molecule has 1 heterocycles. The number of nitrogens with one attached hydrogen (secondary N) is 1. The zero-order chi connectivity index (χ0) is 7.82. The standard InChI is InChI=1S/C5H11N.C3H9N/c1-2-4-6-5-3-1;1-4(2)3/h6H,1-5H2;1-3H3. The van der Waals surface area contributed by atoms with Crippen LogP contribution in [0.5, 0.6) is 0 Å². The third-order valence-corrected chi connectivity index (χ3v) is 1.21. The number of piperidine rings is 1. The SMILES string of the molecule is C1CCNCC1.CN(C)C. The molecule has 0 aromatic rings. The summed E-state index contributed by atoms with van der Waals surface area (Å²) in [6.45, 7) is 2.50. The van der Waals surface area contributed by atoms with Gasteiger partial charge in [0, 0.05) is 0 Å². The molecule has 1 rings (SSSR count). The lowest BCUT2D eigenvalue weighted by molar-refractivity contribution is 0.505. The molecule has 1 fully saturated rings. The van der Waals surface area contributed by atoms with Gasteiger partial charge in [-0.25, -0.2) is 0 Å². The van der Waals surface area contributed by atoms with E-state index in [1.54, 1.807) is 0 Å². The summed E-state index contributed by atoms with van der Waals surface area (Å²) in [5, 5.41) is 3.28. The minimum absolute atomic E-state index is 1.25. The van der Waals surface area contributed by atoms with E-state index in [0.29, 0.717) is 0 Å². The fourth-order valence-corrected chi connectivity index (χ4v) is 0.802. The Kier molecular flexibility index (Phi) is 6.98. The van der Waals surface area contributed by atoms with Crippen LogP contribution in [0.25, 0.3) is 0 Å². The summed E-state index contributed by atoms with van der Waals surface area (Å²) in [5.74, 6) is 0. The molecule has 0 spiro atoms. The van der Waals surface area contributed by atoms with Crippen LogP contribution in [0.1, 0.15) is 19.3 Å². The summed E-state index contributed by atoms with van der Waals surface area (Å²) in [7, 11) is 6.00. The molecule has 2 heteroatoms. The van der Waals surface area contributed by atoms with Crippen molar-refractivity contribution in [2.75, 3.05) is 34.2 Å². The first-order valence-electron chi connectivity index (χ1n) is 4.05. The summed E-state index contributed by atoms with van der Waals surface area (Å²) < 4.78 is 0. The highest BCUT2D eigenvalue weighted by Crippen LogP contribution is 1.96. The molecular formula is C8H20N2. The molecule has 0 bridgehead atoms. The van der Waals surface area contributed by atoms with Gasteiger partial charge in [0.2, 0.25) is 0 Å². The van der Waals surface area contributed by atoms with Gasteiger partial charge in [0.25, 0.3) is 0 Å². The first-order chi connectivity index (χ1) is 4.73. The quantitative estimate of drug-likeness (QED) is 0.544. The molecule has 0 unspecified atom stereocenters. The van der Waals surface area contributed by atoms with Crippen molar-refractivity contribution in [1.29, 1.82) is 0 Å². The Hall–Kier alpha value is -0.0800. The Labute approximate surface area is 64.6 Å². The molecule has 1 aliphatic heterocycles. The zero-order valence-corrected chi connectivity index (χ0v) is 7.48. The van der Waals surface area contributed by atoms with Crippen molar-refractivity contribution in [3.8, 4) is 0 Å². The van der Waals surface area contributed by atoms with Crippen molar-refractivity contribution in [3.05, 3.63) is 0 Å². The van der Waals surface area contributed by atoms with E-state index in [9.17, 15) is 0 Å². The maximum Gasteiger partial charge on any atom is -0.00489 e. The lowest BCUT2D eigenvalue weighted by atomic mass is 10.2. The summed E-state index contributed by atoms with van der Waals surface area (Å²) >= 11 is 0. The van der Waals surface area contributed by atoms with Gasteiger partial charge in [-0.1, -0.05) is 6.42 Å². The minimum atomic E-state index is 1.25. The predicted molar refractivity (Wildman–Crippen MR) is 46.3 cm³/mol. The fraction of sp³-hybridized carbons (Fsp3) is 1.00. The zero-order valence-electron chi connectivity index (χ0n) is 7.48. The van der Waals surface area contributed by atoms with Gasteiger partial charge in [-0.15, -0.1) is 0 Å². The smallest absolute Gasteiger partial charge is 0.00489 e. The van der Waals surface area contributed by atoms with Crippen molar-refractivity contribution in [2.45, 2.75) is 19.3 Å². The second-order valence-corrected chi connectivity index (χ2v) is 3.15. The maximum atomic E-state index is 3.28. The lowest BCUT2D eigenvalue weighted by Crippen LogP contribution is -2.21. The van der Waals surface area contributed by atoms with E-state index < -0.39 is 0 Å². The highest BCUT2D eigenvalue weighted by Gasteiger charge is 1.93. The van der Waals surface area contributed by atoms with E-state index in [-0.39, 0.29) is 0 Å². The molecule has 62 valence electrons. The lowest BCUT2D eigenvalue weighted by Gasteiger charge is -2.08. The van der Waals surface area contributed by atoms with E-state index >= 15 is 0 Å². The van der Waals surface area contributed by atoms with Gasteiger partial charge < -0.3 is 10.2 Å². The Morgan fingerprint density at radius 3 is 1.40 bits per heavy atom. The fourth-order valence-electron chi connectivity index (χ4n) is 0.802. The number of rotatable bonds is 0. The molecule has 10 heavy (non-hydrogen) atoms. The topological polar surface area (TPSA) is 15.3 Å². The number of hydrogen-bond acceptors (Lipinski definition) is 2. The van der Waals surface area contributed by atoms with Gasteiger partial charge in [0.1, 0.15) is 0 Å². The van der Waals surface area contributed by atoms with Crippen LogP contribution in [0.2, 0.25) is 0 Å². The van der Waals surface area contributed by atoms with Gasteiger partial charge in [-0.05, 0) is 47.1 Å². The van der Waals surface area contributed by atoms with Crippen LogP contribution < -0.4 is 5.32 Å². The average Bonchev–Trinajstić information content (AvgIpc) is 1.90. The molecule has 1 aliphatic rings. The monoisotopic (exact) mass is 144 g/mol. The van der Waals surface area contributed by atoms with Gasteiger partial charge in [-0.2, -0.15) is 0 Å². The molecule has 0 aliphatic carbocycles. The average molecular weight is 144 g/mol. The number of nitrogens with zero attached hydrogens (tertiary/aromatic N) is 1. The Morgan fingerprint density at radius 1 is 0.900 bits per heavy atom. The highest BCUT2D eigenvalue weighted by molar-refractivity contribution is 4.55. The second-order valence-electron chi connectivity index (χ2n) is 3.15. The molecule has 1 N–H and O–H groups in total. The van der Waals surface area contributed by atoms with E-state index in [2.05, 4.69) is 5.32 Å². The van der Waals surface area contributed by atoms with E-state index in [1.165, 1.54) is 32.4 Å². The molecule has 0 radical (unpaired) electrons. The summed E-state index contributed by atoms with van der Waals surface area (Å²) in [5.41, 5.74) is 0. The van der Waals surface area contributed by atoms with Gasteiger partial charge in [0.15, 0.2) is 0 Å². The first-order valence-corrected chi connectivity index (χ1v) is 4.05. The molecule has 0 saturated carbocycles. The Balaban J connectivity index is 0.000000180. The third kappa shape index (κ3) is 10.8. The summed E-state index contributed by atoms with van der Waals surface area (Å²) in [6, 6.07) is 0. The van der Waals surface area contributed by atoms with Crippen molar-refractivity contribution in [1.82, 2.24) is 10.2 Å². The van der Waals surface area contributed by atoms with E-state index in [4.69, 9.17) is 0 Å². The van der Waals surface area contributed by atoms with E-state index in [1.807, 2.05) is 26.0 Å². The maximum absolute atomic E-state index is 3.28. The predicted octanol–water partition coefficient (Wildman–Crippen LogP) is 0.938. The van der Waals surface area contributed by atoms with Crippen molar-refractivity contribution in [3.63, 3.8) is 0 Å². The Morgan fingerprint density at radius 2 is 1.30 bits per heavy atom. The second kappa shape index (κ2) is 7.03. The van der Waals surface area contributed by atoms with Crippen LogP contribution in [0.3, 0.4) is 0 Å². The normalized spacial score (nSPS) is 18.0. The van der Waals surface area contributed by atoms with Crippen molar-refractivity contribution < 1.29 is 0 Å². The highest BCUT2D eigenvalue weighted by atomic mass is 15.0.